The van der Waals surface area contributed by atoms with E-state index in [-0.39, 0.29) is 29.6 Å². The number of anilines is 3. The summed E-state index contributed by atoms with van der Waals surface area (Å²) in [6.45, 7) is 0. The van der Waals surface area contributed by atoms with Gasteiger partial charge in [0.05, 0.1) is 29.9 Å². The minimum Gasteiger partial charge on any atom is -0.494 e. The highest BCUT2D eigenvalue weighted by Gasteiger charge is 2.27. The van der Waals surface area contributed by atoms with E-state index in [1.54, 1.807) is 24.3 Å². The molecule has 0 unspecified atom stereocenters. The van der Waals surface area contributed by atoms with Gasteiger partial charge in [-0.3, -0.25) is 9.59 Å². The number of benzene rings is 1. The lowest BCUT2D eigenvalue weighted by Crippen LogP contribution is -2.28. The smallest absolute Gasteiger partial charge is 0.320 e. The molecule has 0 bridgehead atoms. The fourth-order valence-electron chi connectivity index (χ4n) is 3.59. The van der Waals surface area contributed by atoms with E-state index >= 15 is 0 Å². The number of nitrogens with one attached hydrogen (secondary N) is 2. The topological polar surface area (TPSA) is 149 Å². The summed E-state index contributed by atoms with van der Waals surface area (Å²) >= 11 is 9.49. The maximum absolute atomic E-state index is 12.6. The SMILES string of the molecule is COc1cc(OC2CCC(C(=O)O)CC2)ncc1NC(=O)c1nnc(Nc2ccc(Br)cc2Cl)o1. The van der Waals surface area contributed by atoms with Gasteiger partial charge >= 0.3 is 23.8 Å². The van der Waals surface area contributed by atoms with Crippen LogP contribution >= 0.6 is 27.5 Å². The zero-order valence-electron chi connectivity index (χ0n) is 18.5. The zero-order chi connectivity index (χ0) is 24.9. The number of carboxylic acids is 1. The molecular weight excluding hydrogens is 546 g/mol. The first kappa shape index (κ1) is 24.7. The Labute approximate surface area is 213 Å². The van der Waals surface area contributed by atoms with Gasteiger partial charge in [-0.15, -0.1) is 5.10 Å². The second-order valence-electron chi connectivity index (χ2n) is 7.77. The van der Waals surface area contributed by atoms with Gasteiger partial charge in [-0.25, -0.2) is 4.98 Å². The van der Waals surface area contributed by atoms with Gasteiger partial charge in [-0.2, -0.15) is 0 Å². The van der Waals surface area contributed by atoms with Gasteiger partial charge in [0.1, 0.15) is 17.5 Å². The Hall–Kier alpha value is -3.38. The predicted octanol–water partition coefficient (Wildman–Crippen LogP) is 4.91. The van der Waals surface area contributed by atoms with Gasteiger partial charge in [0.15, 0.2) is 0 Å². The first-order valence-corrected chi connectivity index (χ1v) is 11.8. The Morgan fingerprint density at radius 3 is 2.63 bits per heavy atom. The molecule has 4 rings (SSSR count). The molecule has 1 amide bonds. The summed E-state index contributed by atoms with van der Waals surface area (Å²) < 4.78 is 17.4. The quantitative estimate of drug-likeness (QED) is 0.343. The number of carbonyl (C=O) groups is 2. The fourth-order valence-corrected chi connectivity index (χ4v) is 4.31. The molecule has 0 radical (unpaired) electrons. The molecule has 1 aliphatic carbocycles. The largest absolute Gasteiger partial charge is 0.494 e. The van der Waals surface area contributed by atoms with Crippen LogP contribution in [0.1, 0.15) is 36.4 Å². The number of nitrogens with zero attached hydrogens (tertiary/aromatic N) is 3. The van der Waals surface area contributed by atoms with Crippen LogP contribution in [0.4, 0.5) is 17.4 Å². The maximum Gasteiger partial charge on any atom is 0.320 e. The Balaban J connectivity index is 1.38. The van der Waals surface area contributed by atoms with Gasteiger partial charge in [-0.05, 0) is 43.9 Å². The number of amides is 1. The van der Waals surface area contributed by atoms with Crippen molar-refractivity contribution in [3.8, 4) is 11.6 Å². The summed E-state index contributed by atoms with van der Waals surface area (Å²) in [6, 6.07) is 6.74. The monoisotopic (exact) mass is 565 g/mol. The maximum atomic E-state index is 12.6. The predicted molar refractivity (Wildman–Crippen MR) is 129 cm³/mol. The van der Waals surface area contributed by atoms with E-state index in [9.17, 15) is 9.59 Å². The Bertz CT molecular complexity index is 1230. The first-order chi connectivity index (χ1) is 16.8. The molecule has 1 fully saturated rings. The van der Waals surface area contributed by atoms with Gasteiger partial charge in [0, 0.05) is 10.5 Å². The van der Waals surface area contributed by atoms with Crippen LogP contribution in [0.15, 0.2) is 39.4 Å². The molecule has 0 spiro atoms. The average molecular weight is 567 g/mol. The van der Waals surface area contributed by atoms with Crippen molar-refractivity contribution in [3.63, 3.8) is 0 Å². The molecule has 0 aliphatic heterocycles. The summed E-state index contributed by atoms with van der Waals surface area (Å²) in [5, 5.41) is 22.6. The van der Waals surface area contributed by atoms with E-state index in [1.165, 1.54) is 13.3 Å². The molecule has 184 valence electrons. The first-order valence-electron chi connectivity index (χ1n) is 10.6. The van der Waals surface area contributed by atoms with E-state index in [0.29, 0.717) is 48.0 Å². The average Bonchev–Trinajstić information content (AvgIpc) is 3.31. The van der Waals surface area contributed by atoms with Crippen molar-refractivity contribution in [2.75, 3.05) is 17.7 Å². The molecule has 1 aliphatic rings. The molecule has 2 aromatic heterocycles. The Morgan fingerprint density at radius 1 is 1.17 bits per heavy atom. The molecule has 11 nitrogen and oxygen atoms in total. The van der Waals surface area contributed by atoms with Gasteiger partial charge in [0.25, 0.3) is 0 Å². The second-order valence-corrected chi connectivity index (χ2v) is 9.09. The van der Waals surface area contributed by atoms with Crippen LogP contribution in [0.5, 0.6) is 11.6 Å². The van der Waals surface area contributed by atoms with Crippen LogP contribution in [-0.2, 0) is 4.79 Å². The number of hydrogen-bond acceptors (Lipinski definition) is 9. The lowest BCUT2D eigenvalue weighted by molar-refractivity contribution is -0.143. The summed E-state index contributed by atoms with van der Waals surface area (Å²) in [5.74, 6) is -1.41. The lowest BCUT2D eigenvalue weighted by Gasteiger charge is -2.26. The van der Waals surface area contributed by atoms with Crippen molar-refractivity contribution in [2.45, 2.75) is 31.8 Å². The Morgan fingerprint density at radius 2 is 1.94 bits per heavy atom. The molecule has 13 heteroatoms. The normalized spacial score (nSPS) is 17.5. The van der Waals surface area contributed by atoms with Crippen LogP contribution in [-0.4, -0.2) is 45.4 Å². The molecule has 1 aromatic carbocycles. The molecule has 1 saturated carbocycles. The highest BCUT2D eigenvalue weighted by molar-refractivity contribution is 9.10. The number of hydrogen-bond donors (Lipinski definition) is 3. The number of halogens is 2. The van der Waals surface area contributed by atoms with E-state index in [4.69, 9.17) is 30.6 Å². The van der Waals surface area contributed by atoms with Crippen molar-refractivity contribution < 1.29 is 28.6 Å². The zero-order valence-corrected chi connectivity index (χ0v) is 20.8. The van der Waals surface area contributed by atoms with Crippen molar-refractivity contribution in [1.82, 2.24) is 15.2 Å². The third-order valence-electron chi connectivity index (χ3n) is 5.41. The number of aromatic nitrogens is 3. The minimum absolute atomic E-state index is 0.00849. The third-order valence-corrected chi connectivity index (χ3v) is 6.22. The molecule has 3 N–H and O–H groups in total. The van der Waals surface area contributed by atoms with Crippen molar-refractivity contribution in [1.29, 1.82) is 0 Å². The highest BCUT2D eigenvalue weighted by atomic mass is 79.9. The number of pyridine rings is 1. The molecule has 0 atom stereocenters. The van der Waals surface area contributed by atoms with Crippen molar-refractivity contribution >= 4 is 56.8 Å². The van der Waals surface area contributed by atoms with E-state index in [0.717, 1.165) is 4.47 Å². The molecule has 3 aromatic rings. The number of ether oxygens (including phenoxy) is 2. The lowest BCUT2D eigenvalue weighted by atomic mass is 9.87. The van der Waals surface area contributed by atoms with Crippen LogP contribution < -0.4 is 20.1 Å². The van der Waals surface area contributed by atoms with E-state index in [1.807, 2.05) is 0 Å². The Kier molecular flexibility index (Phi) is 7.71. The summed E-state index contributed by atoms with van der Waals surface area (Å²) in [6.07, 6.45) is 3.62. The van der Waals surface area contributed by atoms with Gasteiger partial charge < -0.3 is 29.6 Å². The van der Waals surface area contributed by atoms with Gasteiger partial charge in [-0.1, -0.05) is 32.6 Å². The standard InChI is InChI=1S/C22H21BrClN5O6/c1-33-17-9-18(34-13-5-2-11(3-6-13)21(31)32)25-10-16(17)26-19(30)20-28-29-22(35-20)27-15-7-4-12(23)8-14(15)24/h4,7-11,13H,2-3,5-6H2,1H3,(H,26,30)(H,27,29)(H,31,32). The number of methoxy groups -OCH3 is 1. The van der Waals surface area contributed by atoms with Crippen LogP contribution in [0.2, 0.25) is 5.02 Å². The van der Waals surface area contributed by atoms with E-state index in [2.05, 4.69) is 41.7 Å². The summed E-state index contributed by atoms with van der Waals surface area (Å²) in [4.78, 5) is 28.0. The molecular formula is C22H21BrClN5O6. The minimum atomic E-state index is -0.774. The number of carboxylic acid groups (broad SMARTS) is 1. The molecule has 0 saturated heterocycles. The highest BCUT2D eigenvalue weighted by Crippen LogP contribution is 2.32. The van der Waals surface area contributed by atoms with E-state index < -0.39 is 11.9 Å². The number of aliphatic carboxylic acids is 1. The summed E-state index contributed by atoms with van der Waals surface area (Å²) in [7, 11) is 1.45. The summed E-state index contributed by atoms with van der Waals surface area (Å²) in [5.41, 5.74) is 0.812. The third kappa shape index (κ3) is 6.20. The fraction of sp³-hybridized carbons (Fsp3) is 0.318. The van der Waals surface area contributed by atoms with Crippen LogP contribution in [0.25, 0.3) is 0 Å². The van der Waals surface area contributed by atoms with Crippen molar-refractivity contribution in [2.24, 2.45) is 5.92 Å². The number of rotatable bonds is 8. The van der Waals surface area contributed by atoms with Gasteiger partial charge in [0.2, 0.25) is 5.88 Å². The number of carbonyl (C=O) groups excluding carboxylic acids is 1. The van der Waals surface area contributed by atoms with Crippen molar-refractivity contribution in [3.05, 3.63) is 45.8 Å². The van der Waals surface area contributed by atoms with Crippen LogP contribution in [0.3, 0.4) is 0 Å². The van der Waals surface area contributed by atoms with Crippen LogP contribution in [0, 0.1) is 5.92 Å². The molecule has 35 heavy (non-hydrogen) atoms. The second kappa shape index (κ2) is 10.9. The molecule has 2 heterocycles.